The summed E-state index contributed by atoms with van der Waals surface area (Å²) in [7, 11) is 2.01. The molecule has 1 N–H and O–H groups in total. The van der Waals surface area contributed by atoms with Gasteiger partial charge in [-0.25, -0.2) is 4.79 Å². The number of carbonyl (C=O) groups excluding carboxylic acids is 1. The minimum absolute atomic E-state index is 0.300. The van der Waals surface area contributed by atoms with Crippen LogP contribution < -0.4 is 5.32 Å². The Morgan fingerprint density at radius 2 is 2.37 bits per heavy atom. The highest BCUT2D eigenvalue weighted by atomic mass is 16.5. The van der Waals surface area contributed by atoms with Gasteiger partial charge in [-0.3, -0.25) is 9.58 Å². The third-order valence-corrected chi connectivity index (χ3v) is 5.87. The number of nitrogens with zero attached hydrogens (tertiary/aromatic N) is 3. The molecule has 0 saturated carbocycles. The molecule has 3 saturated heterocycles. The van der Waals surface area contributed by atoms with E-state index in [-0.39, 0.29) is 6.09 Å². The van der Waals surface area contributed by atoms with Crippen LogP contribution in [0.2, 0.25) is 0 Å². The van der Waals surface area contributed by atoms with Gasteiger partial charge in [0.15, 0.2) is 5.76 Å². The molecule has 3 aliphatic heterocycles. The van der Waals surface area contributed by atoms with Crippen molar-refractivity contribution in [2.24, 2.45) is 13.0 Å². The summed E-state index contributed by atoms with van der Waals surface area (Å²) in [5.41, 5.74) is 2.15. The molecule has 7 nitrogen and oxygen atoms in total. The van der Waals surface area contributed by atoms with E-state index in [1.165, 1.54) is 12.1 Å². The molecule has 4 atom stereocenters. The fourth-order valence-electron chi connectivity index (χ4n) is 4.47. The van der Waals surface area contributed by atoms with Crippen LogP contribution in [0.15, 0.2) is 28.9 Å². The fourth-order valence-corrected chi connectivity index (χ4v) is 4.47. The number of amides is 1. The van der Waals surface area contributed by atoms with Gasteiger partial charge in [0.1, 0.15) is 12.3 Å². The van der Waals surface area contributed by atoms with Crippen LogP contribution in [0.3, 0.4) is 0 Å². The molecule has 0 aliphatic carbocycles. The fraction of sp³-hybridized carbons (Fsp3) is 0.600. The lowest BCUT2D eigenvalue weighted by molar-refractivity contribution is -0.00414. The van der Waals surface area contributed by atoms with Gasteiger partial charge < -0.3 is 14.5 Å². The number of aromatic nitrogens is 2. The summed E-state index contributed by atoms with van der Waals surface area (Å²) in [6.45, 7) is 5.24. The molecule has 7 heteroatoms. The number of piperidine rings is 3. The van der Waals surface area contributed by atoms with E-state index >= 15 is 0 Å². The standard InChI is InChI=1S/C20H28N4O3/c1-3-7-21-20(25)27-13-15-10-14-6-8-24(15)12-16(14)18-11-17(22-23(18)2)19-5-4-9-26-19/h4-5,9,11,14-16H,3,6-8,10,12-13H2,1-2H3,(H,21,25)/t14-,15+,16-/m0/s1. The lowest BCUT2D eigenvalue weighted by Gasteiger charge is -2.49. The molecule has 3 aliphatic rings. The van der Waals surface area contributed by atoms with E-state index in [0.29, 0.717) is 31.0 Å². The van der Waals surface area contributed by atoms with Gasteiger partial charge in [-0.2, -0.15) is 5.10 Å². The minimum Gasteiger partial charge on any atom is -0.463 e. The van der Waals surface area contributed by atoms with Gasteiger partial charge >= 0.3 is 6.09 Å². The summed E-state index contributed by atoms with van der Waals surface area (Å²) in [6.07, 6.45) is 4.54. The van der Waals surface area contributed by atoms with Crippen LogP contribution in [0.5, 0.6) is 0 Å². The first-order valence-corrected chi connectivity index (χ1v) is 9.88. The van der Waals surface area contributed by atoms with Crippen molar-refractivity contribution in [2.75, 3.05) is 26.2 Å². The Balaban J connectivity index is 1.40. The Kier molecular flexibility index (Phi) is 5.20. The summed E-state index contributed by atoms with van der Waals surface area (Å²) < 4.78 is 12.9. The summed E-state index contributed by atoms with van der Waals surface area (Å²) >= 11 is 0. The van der Waals surface area contributed by atoms with Crippen LogP contribution in [0.1, 0.15) is 37.8 Å². The Morgan fingerprint density at radius 1 is 1.48 bits per heavy atom. The maximum Gasteiger partial charge on any atom is 0.407 e. The van der Waals surface area contributed by atoms with Gasteiger partial charge in [0.25, 0.3) is 0 Å². The predicted molar refractivity (Wildman–Crippen MR) is 101 cm³/mol. The van der Waals surface area contributed by atoms with E-state index in [4.69, 9.17) is 9.15 Å². The van der Waals surface area contributed by atoms with Crippen molar-refractivity contribution in [3.63, 3.8) is 0 Å². The zero-order valence-corrected chi connectivity index (χ0v) is 16.1. The number of fused-ring (bicyclic) bond motifs is 3. The molecular weight excluding hydrogens is 344 g/mol. The molecule has 0 radical (unpaired) electrons. The number of carbonyl (C=O) groups is 1. The van der Waals surface area contributed by atoms with E-state index in [0.717, 1.165) is 37.4 Å². The second kappa shape index (κ2) is 7.76. The van der Waals surface area contributed by atoms with Crippen molar-refractivity contribution in [2.45, 2.75) is 38.1 Å². The van der Waals surface area contributed by atoms with Crippen LogP contribution in [0, 0.1) is 5.92 Å². The zero-order chi connectivity index (χ0) is 18.8. The predicted octanol–water partition coefficient (Wildman–Crippen LogP) is 2.99. The van der Waals surface area contributed by atoms with Gasteiger partial charge in [-0.1, -0.05) is 6.92 Å². The van der Waals surface area contributed by atoms with Crippen LogP contribution in [0.4, 0.5) is 4.79 Å². The highest BCUT2D eigenvalue weighted by molar-refractivity contribution is 5.67. The lowest BCUT2D eigenvalue weighted by atomic mass is 9.74. The van der Waals surface area contributed by atoms with E-state index in [1.54, 1.807) is 6.26 Å². The van der Waals surface area contributed by atoms with Crippen LogP contribution in [-0.2, 0) is 11.8 Å². The van der Waals surface area contributed by atoms with Crippen molar-refractivity contribution in [3.05, 3.63) is 30.2 Å². The second-order valence-corrected chi connectivity index (χ2v) is 7.62. The smallest absolute Gasteiger partial charge is 0.407 e. The Bertz CT molecular complexity index is 770. The van der Waals surface area contributed by atoms with Gasteiger partial charge in [0.05, 0.1) is 6.26 Å². The maximum atomic E-state index is 11.7. The van der Waals surface area contributed by atoms with Crippen molar-refractivity contribution in [3.8, 4) is 11.5 Å². The number of hydrogen-bond donors (Lipinski definition) is 1. The Labute approximate surface area is 159 Å². The Morgan fingerprint density at radius 3 is 3.07 bits per heavy atom. The topological polar surface area (TPSA) is 72.5 Å². The number of ether oxygens (including phenoxy) is 1. The van der Waals surface area contributed by atoms with Crippen molar-refractivity contribution >= 4 is 6.09 Å². The van der Waals surface area contributed by atoms with E-state index in [1.807, 2.05) is 30.8 Å². The van der Waals surface area contributed by atoms with Crippen molar-refractivity contribution in [1.29, 1.82) is 0 Å². The molecule has 2 bridgehead atoms. The minimum atomic E-state index is -0.300. The van der Waals surface area contributed by atoms with E-state index in [9.17, 15) is 4.79 Å². The molecular formula is C20H28N4O3. The number of rotatable bonds is 6. The van der Waals surface area contributed by atoms with Gasteiger partial charge in [0.2, 0.25) is 0 Å². The number of aryl methyl sites for hydroxylation is 1. The van der Waals surface area contributed by atoms with Gasteiger partial charge in [0, 0.05) is 37.8 Å². The zero-order valence-electron chi connectivity index (χ0n) is 16.1. The highest BCUT2D eigenvalue weighted by Crippen LogP contribution is 2.42. The highest BCUT2D eigenvalue weighted by Gasteiger charge is 2.42. The summed E-state index contributed by atoms with van der Waals surface area (Å²) in [4.78, 5) is 14.2. The first-order valence-electron chi connectivity index (χ1n) is 9.88. The molecule has 5 rings (SSSR count). The average Bonchev–Trinajstić information content (AvgIpc) is 3.34. The van der Waals surface area contributed by atoms with Gasteiger partial charge in [-0.15, -0.1) is 0 Å². The third-order valence-electron chi connectivity index (χ3n) is 5.87. The normalized spacial score (nSPS) is 26.9. The largest absolute Gasteiger partial charge is 0.463 e. The molecule has 27 heavy (non-hydrogen) atoms. The summed E-state index contributed by atoms with van der Waals surface area (Å²) in [6, 6.07) is 6.32. The van der Waals surface area contributed by atoms with Gasteiger partial charge in [-0.05, 0) is 49.9 Å². The number of alkyl carbamates (subject to hydrolysis) is 1. The van der Waals surface area contributed by atoms with E-state index in [2.05, 4.69) is 21.4 Å². The van der Waals surface area contributed by atoms with Crippen molar-refractivity contribution < 1.29 is 13.9 Å². The molecule has 0 aromatic carbocycles. The third kappa shape index (κ3) is 3.74. The summed E-state index contributed by atoms with van der Waals surface area (Å²) in [5, 5.41) is 7.42. The molecule has 5 heterocycles. The molecule has 0 spiro atoms. The van der Waals surface area contributed by atoms with Crippen LogP contribution in [0.25, 0.3) is 11.5 Å². The maximum absolute atomic E-state index is 11.7. The second-order valence-electron chi connectivity index (χ2n) is 7.62. The monoisotopic (exact) mass is 372 g/mol. The average molecular weight is 372 g/mol. The Hall–Kier alpha value is -2.28. The van der Waals surface area contributed by atoms with E-state index < -0.39 is 0 Å². The van der Waals surface area contributed by atoms with Crippen LogP contribution >= 0.6 is 0 Å². The molecule has 1 amide bonds. The summed E-state index contributed by atoms with van der Waals surface area (Å²) in [5.74, 6) is 1.87. The lowest BCUT2D eigenvalue weighted by Crippen LogP contribution is -2.54. The first-order chi connectivity index (χ1) is 13.2. The SMILES string of the molecule is CCCNC(=O)OC[C@H]1C[C@@H]2CCN1C[C@@H]2c1cc(-c2ccco2)nn1C. The molecule has 146 valence electrons. The number of furan rings is 1. The number of nitrogens with one attached hydrogen (secondary N) is 1. The van der Waals surface area contributed by atoms with Crippen molar-refractivity contribution in [1.82, 2.24) is 20.0 Å². The molecule has 2 aromatic rings. The quantitative estimate of drug-likeness (QED) is 0.844. The molecule has 2 aromatic heterocycles. The van der Waals surface area contributed by atoms with Crippen LogP contribution in [-0.4, -0.2) is 53.1 Å². The molecule has 3 fully saturated rings. The first kappa shape index (κ1) is 18.1. The molecule has 1 unspecified atom stereocenters. The number of hydrogen-bond acceptors (Lipinski definition) is 5.